The van der Waals surface area contributed by atoms with Crippen LogP contribution in [-0.2, 0) is 11.2 Å². The summed E-state index contributed by atoms with van der Waals surface area (Å²) in [5, 5.41) is 6.29. The molecule has 1 rings (SSSR count). The van der Waals surface area contributed by atoms with Crippen molar-refractivity contribution in [3.8, 4) is 0 Å². The molecule has 0 saturated heterocycles. The number of methoxy groups -OCH3 is 1. The van der Waals surface area contributed by atoms with Gasteiger partial charge >= 0.3 is 5.97 Å². The zero-order valence-corrected chi connectivity index (χ0v) is 6.83. The fourth-order valence-electron chi connectivity index (χ4n) is 0.935. The highest BCUT2D eigenvalue weighted by molar-refractivity contribution is 5.88. The van der Waals surface area contributed by atoms with Crippen molar-refractivity contribution in [3.05, 3.63) is 17.5 Å². The quantitative estimate of drug-likeness (QED) is 0.608. The molecule has 0 aromatic carbocycles. The summed E-state index contributed by atoms with van der Waals surface area (Å²) in [4.78, 5) is 11.0. The van der Waals surface area contributed by atoms with E-state index in [4.69, 9.17) is 5.73 Å². The second-order valence-electron chi connectivity index (χ2n) is 2.30. The van der Waals surface area contributed by atoms with Crippen molar-refractivity contribution < 1.29 is 9.53 Å². The van der Waals surface area contributed by atoms with Crippen molar-refractivity contribution in [3.63, 3.8) is 0 Å². The van der Waals surface area contributed by atoms with E-state index in [2.05, 4.69) is 14.9 Å². The zero-order chi connectivity index (χ0) is 8.97. The van der Waals surface area contributed by atoms with Crippen molar-refractivity contribution in [2.24, 2.45) is 5.73 Å². The topological polar surface area (TPSA) is 81.0 Å². The first-order valence-electron chi connectivity index (χ1n) is 3.60. The third-order valence-corrected chi connectivity index (χ3v) is 1.52. The van der Waals surface area contributed by atoms with Crippen molar-refractivity contribution in [2.45, 2.75) is 6.42 Å². The average Bonchev–Trinajstić information content (AvgIpc) is 2.52. The first-order chi connectivity index (χ1) is 5.79. The van der Waals surface area contributed by atoms with Crippen molar-refractivity contribution in [1.29, 1.82) is 0 Å². The second-order valence-corrected chi connectivity index (χ2v) is 2.30. The summed E-state index contributed by atoms with van der Waals surface area (Å²) in [6.07, 6.45) is 2.21. The predicted octanol–water partition coefficient (Wildman–Crippen LogP) is -0.303. The highest BCUT2D eigenvalue weighted by Crippen LogP contribution is 2.05. The fourth-order valence-corrected chi connectivity index (χ4v) is 0.935. The largest absolute Gasteiger partial charge is 0.464 e. The second kappa shape index (κ2) is 3.87. The number of nitrogens with one attached hydrogen (secondary N) is 1. The number of H-pyrrole nitrogens is 1. The van der Waals surface area contributed by atoms with E-state index in [0.717, 1.165) is 5.56 Å². The molecule has 0 unspecified atom stereocenters. The van der Waals surface area contributed by atoms with Crippen LogP contribution in [0.3, 0.4) is 0 Å². The minimum absolute atomic E-state index is 0.392. The summed E-state index contributed by atoms with van der Waals surface area (Å²) in [6, 6.07) is 0. The summed E-state index contributed by atoms with van der Waals surface area (Å²) < 4.78 is 4.53. The highest BCUT2D eigenvalue weighted by atomic mass is 16.5. The highest BCUT2D eigenvalue weighted by Gasteiger charge is 2.12. The lowest BCUT2D eigenvalue weighted by Crippen LogP contribution is -2.09. The summed E-state index contributed by atoms with van der Waals surface area (Å²) in [7, 11) is 1.33. The number of ether oxygens (including phenoxy) is 1. The van der Waals surface area contributed by atoms with Crippen LogP contribution in [0.5, 0.6) is 0 Å². The van der Waals surface area contributed by atoms with Gasteiger partial charge in [0.25, 0.3) is 0 Å². The summed E-state index contributed by atoms with van der Waals surface area (Å²) >= 11 is 0. The average molecular weight is 169 g/mol. The molecule has 5 heteroatoms. The van der Waals surface area contributed by atoms with Crippen molar-refractivity contribution in [1.82, 2.24) is 10.2 Å². The Kier molecular flexibility index (Phi) is 2.82. The Morgan fingerprint density at radius 2 is 2.58 bits per heavy atom. The van der Waals surface area contributed by atoms with E-state index in [1.54, 1.807) is 6.20 Å². The Hall–Kier alpha value is -1.36. The van der Waals surface area contributed by atoms with Gasteiger partial charge in [-0.2, -0.15) is 5.10 Å². The standard InChI is InChI=1S/C7H11N3O2/c1-12-7(11)6-5(2-3-8)4-9-10-6/h4H,2-3,8H2,1H3,(H,9,10). The van der Waals surface area contributed by atoms with Crippen LogP contribution in [0.25, 0.3) is 0 Å². The van der Waals surface area contributed by atoms with E-state index in [0.29, 0.717) is 18.7 Å². The minimum atomic E-state index is -0.407. The third-order valence-electron chi connectivity index (χ3n) is 1.52. The van der Waals surface area contributed by atoms with Crippen LogP contribution in [0.15, 0.2) is 6.20 Å². The zero-order valence-electron chi connectivity index (χ0n) is 6.83. The number of nitrogens with zero attached hydrogens (tertiary/aromatic N) is 1. The monoisotopic (exact) mass is 169 g/mol. The normalized spacial score (nSPS) is 9.83. The van der Waals surface area contributed by atoms with Gasteiger partial charge in [0, 0.05) is 5.56 Å². The Morgan fingerprint density at radius 3 is 3.17 bits per heavy atom. The van der Waals surface area contributed by atoms with Gasteiger partial charge in [0.1, 0.15) is 5.69 Å². The molecule has 1 aromatic heterocycles. The maximum atomic E-state index is 11.0. The lowest BCUT2D eigenvalue weighted by molar-refractivity contribution is 0.0593. The molecule has 3 N–H and O–H groups in total. The van der Waals surface area contributed by atoms with E-state index >= 15 is 0 Å². The van der Waals surface area contributed by atoms with E-state index in [1.807, 2.05) is 0 Å². The minimum Gasteiger partial charge on any atom is -0.464 e. The van der Waals surface area contributed by atoms with Gasteiger partial charge in [0.15, 0.2) is 0 Å². The van der Waals surface area contributed by atoms with Gasteiger partial charge in [0.05, 0.1) is 13.3 Å². The number of esters is 1. The number of aromatic nitrogens is 2. The first-order valence-corrected chi connectivity index (χ1v) is 3.60. The molecule has 0 radical (unpaired) electrons. The summed E-state index contributed by atoms with van der Waals surface area (Å²) in [5.74, 6) is -0.407. The van der Waals surface area contributed by atoms with Crippen LogP contribution >= 0.6 is 0 Å². The Morgan fingerprint density at radius 1 is 1.83 bits per heavy atom. The van der Waals surface area contributed by atoms with Gasteiger partial charge in [-0.25, -0.2) is 4.79 Å². The maximum absolute atomic E-state index is 11.0. The molecular weight excluding hydrogens is 158 g/mol. The van der Waals surface area contributed by atoms with Crippen LogP contribution < -0.4 is 5.73 Å². The van der Waals surface area contributed by atoms with Crippen LogP contribution in [0.4, 0.5) is 0 Å². The Labute approximate surface area is 69.9 Å². The Balaban J connectivity index is 2.83. The fraction of sp³-hybridized carbons (Fsp3) is 0.429. The molecule has 0 spiro atoms. The van der Waals surface area contributed by atoms with E-state index in [-0.39, 0.29) is 0 Å². The number of carbonyl (C=O) groups excluding carboxylic acids is 1. The van der Waals surface area contributed by atoms with Gasteiger partial charge in [-0.1, -0.05) is 0 Å². The maximum Gasteiger partial charge on any atom is 0.356 e. The molecular formula is C7H11N3O2. The molecule has 0 aliphatic rings. The first kappa shape index (κ1) is 8.73. The van der Waals surface area contributed by atoms with Gasteiger partial charge in [0.2, 0.25) is 0 Å². The number of hydrogen-bond acceptors (Lipinski definition) is 4. The SMILES string of the molecule is COC(=O)c1[nH]ncc1CCN. The van der Waals surface area contributed by atoms with Crippen LogP contribution in [0.2, 0.25) is 0 Å². The van der Waals surface area contributed by atoms with Crippen LogP contribution in [0, 0.1) is 0 Å². The summed E-state index contributed by atoms with van der Waals surface area (Å²) in [6.45, 7) is 0.490. The molecule has 0 aliphatic carbocycles. The molecule has 1 aromatic rings. The molecule has 0 atom stereocenters. The van der Waals surface area contributed by atoms with E-state index in [1.165, 1.54) is 7.11 Å². The molecule has 0 bridgehead atoms. The Bertz CT molecular complexity index is 269. The van der Waals surface area contributed by atoms with Crippen LogP contribution in [0.1, 0.15) is 16.1 Å². The number of aromatic amines is 1. The molecule has 0 fully saturated rings. The number of carbonyl (C=O) groups is 1. The van der Waals surface area contributed by atoms with E-state index in [9.17, 15) is 4.79 Å². The number of hydrogen-bond donors (Lipinski definition) is 2. The lowest BCUT2D eigenvalue weighted by atomic mass is 10.2. The summed E-state index contributed by atoms with van der Waals surface area (Å²) in [5.41, 5.74) is 6.52. The molecule has 66 valence electrons. The molecule has 0 aliphatic heterocycles. The predicted molar refractivity (Wildman–Crippen MR) is 42.7 cm³/mol. The third kappa shape index (κ3) is 1.62. The lowest BCUT2D eigenvalue weighted by Gasteiger charge is -1.98. The molecule has 0 amide bonds. The molecule has 5 nitrogen and oxygen atoms in total. The van der Waals surface area contributed by atoms with Crippen molar-refractivity contribution >= 4 is 5.97 Å². The number of nitrogens with two attached hydrogens (primary N) is 1. The van der Waals surface area contributed by atoms with Gasteiger partial charge in [-0.15, -0.1) is 0 Å². The van der Waals surface area contributed by atoms with Gasteiger partial charge in [-0.3, -0.25) is 5.10 Å². The van der Waals surface area contributed by atoms with Crippen LogP contribution in [-0.4, -0.2) is 29.8 Å². The molecule has 0 saturated carbocycles. The molecule has 1 heterocycles. The van der Waals surface area contributed by atoms with Gasteiger partial charge in [-0.05, 0) is 13.0 Å². The van der Waals surface area contributed by atoms with Gasteiger partial charge < -0.3 is 10.5 Å². The van der Waals surface area contributed by atoms with Crippen molar-refractivity contribution in [2.75, 3.05) is 13.7 Å². The molecule has 12 heavy (non-hydrogen) atoms. The number of rotatable bonds is 3. The van der Waals surface area contributed by atoms with E-state index < -0.39 is 5.97 Å². The smallest absolute Gasteiger partial charge is 0.356 e.